The third-order valence-corrected chi connectivity index (χ3v) is 13.4. The van der Waals surface area contributed by atoms with E-state index < -0.39 is 14.3 Å². The molecule has 1 aromatic carbocycles. The van der Waals surface area contributed by atoms with E-state index in [1.165, 1.54) is 54.4 Å². The summed E-state index contributed by atoms with van der Waals surface area (Å²) in [6.45, 7) is 20.4. The van der Waals surface area contributed by atoms with Gasteiger partial charge in [-0.15, -0.1) is 0 Å². The molecule has 1 atom stereocenters. The molecule has 1 aliphatic heterocycles. The molecule has 1 aliphatic rings. The maximum absolute atomic E-state index is 10.6. The summed E-state index contributed by atoms with van der Waals surface area (Å²) in [6.07, 6.45) is 18.4. The molecule has 0 amide bonds. The molecular weight excluding hydrogens is 488 g/mol. The molecule has 0 spiro atoms. The van der Waals surface area contributed by atoms with Gasteiger partial charge in [-0.25, -0.2) is 0 Å². The number of fused-ring (bicyclic) bond motifs is 1. The predicted octanol–water partition coefficient (Wildman–Crippen LogP) is 10.0. The lowest BCUT2D eigenvalue weighted by Crippen LogP contribution is -2.44. The van der Waals surface area contributed by atoms with Crippen LogP contribution >= 0.6 is 0 Å². The van der Waals surface area contributed by atoms with Crippen molar-refractivity contribution in [3.63, 3.8) is 0 Å². The highest BCUT2D eigenvalue weighted by atomic mass is 28.4. The Morgan fingerprint density at radius 1 is 0.974 bits per heavy atom. The van der Waals surface area contributed by atoms with Crippen molar-refractivity contribution in [1.29, 1.82) is 0 Å². The van der Waals surface area contributed by atoms with E-state index in [4.69, 9.17) is 14.3 Å². The van der Waals surface area contributed by atoms with Crippen molar-refractivity contribution in [3.8, 4) is 11.5 Å². The van der Waals surface area contributed by atoms with Crippen molar-refractivity contribution in [2.75, 3.05) is 0 Å². The highest BCUT2D eigenvalue weighted by molar-refractivity contribution is 6.74. The van der Waals surface area contributed by atoms with Gasteiger partial charge in [-0.1, -0.05) is 72.3 Å². The molecule has 1 heterocycles. The Kier molecular flexibility index (Phi) is 12.0. The molecule has 0 fully saturated rings. The zero-order chi connectivity index (χ0) is 28.6. The Bertz CT molecular complexity index is 957. The van der Waals surface area contributed by atoms with Gasteiger partial charge in [0.1, 0.15) is 17.1 Å². The first-order valence-corrected chi connectivity index (χ1v) is 18.1. The van der Waals surface area contributed by atoms with E-state index in [0.29, 0.717) is 6.42 Å². The van der Waals surface area contributed by atoms with E-state index in [2.05, 4.69) is 73.7 Å². The number of benzene rings is 1. The van der Waals surface area contributed by atoms with E-state index in [1.54, 1.807) is 0 Å². The summed E-state index contributed by atoms with van der Waals surface area (Å²) in [7, 11) is -1.93. The number of ether oxygens (including phenoxy) is 1. The maximum atomic E-state index is 10.6. The van der Waals surface area contributed by atoms with Crippen molar-refractivity contribution in [2.45, 2.75) is 156 Å². The number of carboxylic acid groups (broad SMARTS) is 1. The molecule has 5 heteroatoms. The lowest BCUT2D eigenvalue weighted by molar-refractivity contribution is -0.137. The molecule has 0 saturated carbocycles. The standard InChI is InChI=1S/C33H56O4Si/c1-10-33(23-20-18-16-14-12-11-13-15-17-19-21-29(34)35)24-22-28-27(4)30(25(2)26(3)31(28)36-33)37-38(8,9)32(5,6)7/h20,23H,10-19,21-22,24H2,1-9H3,(H,34,35). The molecule has 1 N–H and O–H groups in total. The summed E-state index contributed by atoms with van der Waals surface area (Å²) in [6, 6.07) is 0. The van der Waals surface area contributed by atoms with Crippen molar-refractivity contribution in [2.24, 2.45) is 0 Å². The average Bonchev–Trinajstić information content (AvgIpc) is 2.85. The zero-order valence-corrected chi connectivity index (χ0v) is 27.0. The van der Waals surface area contributed by atoms with Gasteiger partial charge in [0.2, 0.25) is 0 Å². The van der Waals surface area contributed by atoms with Gasteiger partial charge in [-0.3, -0.25) is 4.79 Å². The van der Waals surface area contributed by atoms with Gasteiger partial charge in [-0.05, 0) is 100 Å². The first-order chi connectivity index (χ1) is 17.7. The third kappa shape index (κ3) is 8.63. The lowest BCUT2D eigenvalue weighted by Gasteiger charge is -2.41. The second-order valence-electron chi connectivity index (χ2n) is 13.1. The first-order valence-electron chi connectivity index (χ1n) is 15.1. The number of unbranched alkanes of at least 4 members (excludes halogenated alkanes) is 8. The second kappa shape index (κ2) is 14.0. The average molecular weight is 545 g/mol. The highest BCUT2D eigenvalue weighted by Gasteiger charge is 2.41. The van der Waals surface area contributed by atoms with Crippen LogP contribution in [0.2, 0.25) is 18.1 Å². The fourth-order valence-electron chi connectivity index (χ4n) is 5.13. The van der Waals surface area contributed by atoms with Gasteiger partial charge in [0.05, 0.1) is 0 Å². The number of carboxylic acids is 1. The van der Waals surface area contributed by atoms with Crippen molar-refractivity contribution in [1.82, 2.24) is 0 Å². The normalized spacial score (nSPS) is 17.9. The van der Waals surface area contributed by atoms with Crippen molar-refractivity contribution >= 4 is 14.3 Å². The molecule has 0 radical (unpaired) electrons. The number of carbonyl (C=O) groups is 1. The summed E-state index contributed by atoms with van der Waals surface area (Å²) in [5.74, 6) is 1.51. The third-order valence-electron chi connectivity index (χ3n) is 9.11. The molecule has 0 aliphatic carbocycles. The minimum absolute atomic E-state index is 0.164. The van der Waals surface area contributed by atoms with Crippen molar-refractivity contribution in [3.05, 3.63) is 34.4 Å². The molecule has 1 unspecified atom stereocenters. The van der Waals surface area contributed by atoms with Crippen LogP contribution in [0.25, 0.3) is 0 Å². The quantitative estimate of drug-likeness (QED) is 0.136. The first kappa shape index (κ1) is 32.5. The second-order valence-corrected chi connectivity index (χ2v) is 17.8. The Morgan fingerprint density at radius 3 is 2.11 bits per heavy atom. The smallest absolute Gasteiger partial charge is 0.303 e. The lowest BCUT2D eigenvalue weighted by atomic mass is 9.84. The Morgan fingerprint density at radius 2 is 1.55 bits per heavy atom. The SMILES string of the molecule is CCC1(C=CCCCCCCCCCCC(=O)O)CCc2c(C)c(O[Si](C)(C)C(C)(C)C)c(C)c(C)c2O1. The number of hydrogen-bond donors (Lipinski definition) is 1. The van der Waals surface area contributed by atoms with Gasteiger partial charge in [-0.2, -0.15) is 0 Å². The molecule has 4 nitrogen and oxygen atoms in total. The van der Waals surface area contributed by atoms with Crippen LogP contribution in [-0.2, 0) is 11.2 Å². The number of aliphatic carboxylic acids is 1. The summed E-state index contributed by atoms with van der Waals surface area (Å²) in [5.41, 5.74) is 4.84. The van der Waals surface area contributed by atoms with E-state index in [9.17, 15) is 4.79 Å². The van der Waals surface area contributed by atoms with Gasteiger partial charge >= 0.3 is 5.97 Å². The molecular formula is C33H56O4Si. The van der Waals surface area contributed by atoms with E-state index in [-0.39, 0.29) is 10.6 Å². The predicted molar refractivity (Wildman–Crippen MR) is 163 cm³/mol. The molecule has 0 bridgehead atoms. The molecule has 0 saturated heterocycles. The summed E-state index contributed by atoms with van der Waals surface area (Å²) in [5, 5.41) is 8.86. The van der Waals surface area contributed by atoms with E-state index in [1.807, 2.05) is 0 Å². The molecule has 216 valence electrons. The van der Waals surface area contributed by atoms with Gasteiger partial charge in [0, 0.05) is 12.0 Å². The number of allylic oxidation sites excluding steroid dienone is 1. The zero-order valence-electron chi connectivity index (χ0n) is 26.0. The van der Waals surface area contributed by atoms with Gasteiger partial charge in [0.15, 0.2) is 0 Å². The molecule has 2 rings (SSSR count). The highest BCUT2D eigenvalue weighted by Crippen LogP contribution is 2.47. The van der Waals surface area contributed by atoms with E-state index in [0.717, 1.165) is 56.4 Å². The molecule has 1 aromatic rings. The fourth-order valence-corrected chi connectivity index (χ4v) is 6.25. The van der Waals surface area contributed by atoms with Crippen molar-refractivity contribution < 1.29 is 19.1 Å². The minimum Gasteiger partial charge on any atom is -0.543 e. The summed E-state index contributed by atoms with van der Waals surface area (Å²) < 4.78 is 13.7. The monoisotopic (exact) mass is 544 g/mol. The van der Waals surface area contributed by atoms with Crippen LogP contribution in [0, 0.1) is 20.8 Å². The minimum atomic E-state index is -1.93. The molecule has 0 aromatic heterocycles. The van der Waals surface area contributed by atoms with Crippen LogP contribution in [0.1, 0.15) is 127 Å². The van der Waals surface area contributed by atoms with Crippen LogP contribution in [-0.4, -0.2) is 25.0 Å². The summed E-state index contributed by atoms with van der Waals surface area (Å²) in [4.78, 5) is 10.6. The number of hydrogen-bond acceptors (Lipinski definition) is 3. The van der Waals surface area contributed by atoms with Gasteiger partial charge < -0.3 is 14.3 Å². The van der Waals surface area contributed by atoms with Crippen LogP contribution in [0.3, 0.4) is 0 Å². The van der Waals surface area contributed by atoms with Crippen LogP contribution in [0.5, 0.6) is 11.5 Å². The maximum Gasteiger partial charge on any atom is 0.303 e. The molecule has 38 heavy (non-hydrogen) atoms. The Labute approximate surface area is 234 Å². The van der Waals surface area contributed by atoms with E-state index >= 15 is 0 Å². The topological polar surface area (TPSA) is 55.8 Å². The Balaban J connectivity index is 1.94. The fraction of sp³-hybridized carbons (Fsp3) is 0.727. The van der Waals surface area contributed by atoms with Gasteiger partial charge in [0.25, 0.3) is 8.32 Å². The van der Waals surface area contributed by atoms with Crippen LogP contribution < -0.4 is 9.16 Å². The largest absolute Gasteiger partial charge is 0.543 e. The number of rotatable bonds is 15. The Hall–Kier alpha value is -1.75. The van der Waals surface area contributed by atoms with Crippen LogP contribution in [0.15, 0.2) is 12.2 Å². The summed E-state index contributed by atoms with van der Waals surface area (Å²) >= 11 is 0. The van der Waals surface area contributed by atoms with Crippen LogP contribution in [0.4, 0.5) is 0 Å².